The molecular weight excluding hydrogens is 405 g/mol. The Kier molecular flexibility index (Phi) is 7.32. The summed E-state index contributed by atoms with van der Waals surface area (Å²) in [5.41, 5.74) is 2.91. The van der Waals surface area contributed by atoms with E-state index in [4.69, 9.17) is 28.3 Å². The molecular formula is C24H23Cl2NO2. The van der Waals surface area contributed by atoms with Gasteiger partial charge in [0.05, 0.1) is 0 Å². The van der Waals surface area contributed by atoms with Crippen molar-refractivity contribution in [2.75, 3.05) is 6.54 Å². The van der Waals surface area contributed by atoms with Crippen LogP contribution >= 0.6 is 23.2 Å². The van der Waals surface area contributed by atoms with Gasteiger partial charge in [-0.25, -0.2) is 0 Å². The minimum absolute atomic E-state index is 0.269. The van der Waals surface area contributed by atoms with Crippen LogP contribution in [-0.2, 0) is 9.67 Å². The molecule has 0 unspecified atom stereocenters. The van der Waals surface area contributed by atoms with Crippen molar-refractivity contribution in [3.05, 3.63) is 107 Å². The van der Waals surface area contributed by atoms with Crippen molar-refractivity contribution < 1.29 is 9.90 Å². The Hall–Kier alpha value is -2.33. The maximum absolute atomic E-state index is 10.1. The quantitative estimate of drug-likeness (QED) is 0.414. The summed E-state index contributed by atoms with van der Waals surface area (Å²) in [5, 5.41) is 11.9. The Bertz CT molecular complexity index is 886. The number of aliphatic carboxylic acids is 1. The fourth-order valence-corrected chi connectivity index (χ4v) is 4.19. The van der Waals surface area contributed by atoms with Crippen molar-refractivity contribution in [2.24, 2.45) is 0 Å². The summed E-state index contributed by atoms with van der Waals surface area (Å²) in [6, 6.07) is 27.5. The molecule has 1 saturated heterocycles. The van der Waals surface area contributed by atoms with E-state index in [0.717, 1.165) is 36.1 Å². The normalized spacial score (nSPS) is 16.0. The lowest BCUT2D eigenvalue weighted by molar-refractivity contribution is -0.139. The second-order valence-corrected chi connectivity index (χ2v) is 7.83. The van der Waals surface area contributed by atoms with E-state index in [0.29, 0.717) is 5.02 Å². The van der Waals surface area contributed by atoms with Crippen LogP contribution in [0.4, 0.5) is 0 Å². The van der Waals surface area contributed by atoms with Gasteiger partial charge in [-0.1, -0.05) is 90.5 Å². The summed E-state index contributed by atoms with van der Waals surface area (Å²) in [6.07, 6.45) is 1.78. The van der Waals surface area contributed by atoms with E-state index in [-0.39, 0.29) is 6.04 Å². The molecule has 1 fully saturated rings. The van der Waals surface area contributed by atoms with E-state index >= 15 is 0 Å². The molecule has 3 aromatic carbocycles. The van der Waals surface area contributed by atoms with Gasteiger partial charge in [0, 0.05) is 10.6 Å². The van der Waals surface area contributed by atoms with E-state index in [1.807, 2.05) is 84.9 Å². The largest absolute Gasteiger partial charge is 0.480 e. The zero-order valence-corrected chi connectivity index (χ0v) is 17.4. The maximum Gasteiger partial charge on any atom is 0.320 e. The molecule has 29 heavy (non-hydrogen) atoms. The van der Waals surface area contributed by atoms with Gasteiger partial charge >= 0.3 is 5.97 Å². The van der Waals surface area contributed by atoms with Crippen LogP contribution in [0.1, 0.15) is 29.5 Å². The van der Waals surface area contributed by atoms with Gasteiger partial charge in [0.2, 0.25) is 0 Å². The number of carboxylic acid groups (broad SMARTS) is 1. The third-order valence-corrected chi connectivity index (χ3v) is 5.92. The minimum atomic E-state index is -0.791. The average molecular weight is 428 g/mol. The number of carbonyl (C=O) groups is 1. The topological polar surface area (TPSA) is 49.3 Å². The van der Waals surface area contributed by atoms with E-state index in [9.17, 15) is 4.79 Å². The standard InChI is InChI=1S/C19H14Cl2.C5H9NO2/c20-18-14-8-7-13-17(18)19(21,15-9-3-1-4-10-15)16-11-5-2-6-12-16;7-5(8)4-2-1-3-6-4/h1-14H;4,6H,1-3H2,(H,7,8)/t;4-/m.0/s1. The molecule has 0 amide bonds. The highest BCUT2D eigenvalue weighted by molar-refractivity contribution is 6.34. The molecule has 1 aliphatic rings. The first-order chi connectivity index (χ1) is 14.0. The van der Waals surface area contributed by atoms with Crippen molar-refractivity contribution in [1.29, 1.82) is 0 Å². The molecule has 1 aliphatic heterocycles. The Morgan fingerprint density at radius 3 is 1.83 bits per heavy atom. The number of benzene rings is 3. The first-order valence-electron chi connectivity index (χ1n) is 9.54. The molecule has 0 aromatic heterocycles. The van der Waals surface area contributed by atoms with Gasteiger partial charge in [0.15, 0.2) is 0 Å². The molecule has 0 radical (unpaired) electrons. The lowest BCUT2D eigenvalue weighted by atomic mass is 9.84. The van der Waals surface area contributed by atoms with E-state index in [2.05, 4.69) is 5.32 Å². The fourth-order valence-electron chi connectivity index (χ4n) is 3.45. The van der Waals surface area contributed by atoms with Crippen molar-refractivity contribution in [3.63, 3.8) is 0 Å². The molecule has 1 heterocycles. The van der Waals surface area contributed by atoms with Crippen LogP contribution in [0.15, 0.2) is 84.9 Å². The number of nitrogens with one attached hydrogen (secondary N) is 1. The summed E-state index contributed by atoms with van der Waals surface area (Å²) in [6.45, 7) is 0.858. The van der Waals surface area contributed by atoms with Crippen LogP contribution < -0.4 is 5.32 Å². The second-order valence-electron chi connectivity index (χ2n) is 6.86. The highest BCUT2D eigenvalue weighted by atomic mass is 35.5. The number of halogens is 2. The number of hydrogen-bond acceptors (Lipinski definition) is 2. The van der Waals surface area contributed by atoms with Crippen molar-refractivity contribution in [3.8, 4) is 0 Å². The summed E-state index contributed by atoms with van der Waals surface area (Å²) in [7, 11) is 0. The predicted molar refractivity (Wildman–Crippen MR) is 119 cm³/mol. The molecule has 5 heteroatoms. The maximum atomic E-state index is 10.1. The highest BCUT2D eigenvalue weighted by Gasteiger charge is 2.35. The second kappa shape index (κ2) is 9.93. The smallest absolute Gasteiger partial charge is 0.320 e. The lowest BCUT2D eigenvalue weighted by Crippen LogP contribution is -2.29. The monoisotopic (exact) mass is 427 g/mol. The number of alkyl halides is 1. The summed E-state index contributed by atoms with van der Waals surface area (Å²) >= 11 is 13.6. The van der Waals surface area contributed by atoms with Crippen LogP contribution in [-0.4, -0.2) is 23.7 Å². The fraction of sp³-hybridized carbons (Fsp3) is 0.208. The van der Waals surface area contributed by atoms with Gasteiger partial charge in [-0.2, -0.15) is 0 Å². The molecule has 0 aliphatic carbocycles. The van der Waals surface area contributed by atoms with Gasteiger partial charge in [0.25, 0.3) is 0 Å². The van der Waals surface area contributed by atoms with E-state index < -0.39 is 10.8 Å². The zero-order valence-electron chi connectivity index (χ0n) is 15.9. The van der Waals surface area contributed by atoms with Gasteiger partial charge < -0.3 is 10.4 Å². The van der Waals surface area contributed by atoms with Crippen LogP contribution in [0.3, 0.4) is 0 Å². The minimum Gasteiger partial charge on any atom is -0.480 e. The number of carboxylic acids is 1. The van der Waals surface area contributed by atoms with Gasteiger partial charge in [-0.05, 0) is 36.6 Å². The van der Waals surface area contributed by atoms with Crippen LogP contribution in [0, 0.1) is 0 Å². The molecule has 0 spiro atoms. The van der Waals surface area contributed by atoms with Crippen molar-refractivity contribution >= 4 is 29.2 Å². The first kappa shape index (κ1) is 21.4. The van der Waals surface area contributed by atoms with Gasteiger partial charge in [0.1, 0.15) is 10.9 Å². The predicted octanol–water partition coefficient (Wildman–Crippen LogP) is 5.69. The Morgan fingerprint density at radius 1 is 0.897 bits per heavy atom. The third kappa shape index (κ3) is 4.99. The number of hydrogen-bond donors (Lipinski definition) is 2. The highest BCUT2D eigenvalue weighted by Crippen LogP contribution is 2.45. The Morgan fingerprint density at radius 2 is 1.41 bits per heavy atom. The molecule has 1 atom stereocenters. The van der Waals surface area contributed by atoms with Crippen molar-refractivity contribution in [1.82, 2.24) is 5.32 Å². The average Bonchev–Trinajstić information content (AvgIpc) is 3.31. The molecule has 0 bridgehead atoms. The molecule has 0 saturated carbocycles. The van der Waals surface area contributed by atoms with Crippen molar-refractivity contribution in [2.45, 2.75) is 23.8 Å². The molecule has 4 rings (SSSR count). The van der Waals surface area contributed by atoms with E-state index in [1.54, 1.807) is 0 Å². The van der Waals surface area contributed by atoms with Gasteiger partial charge in [-0.3, -0.25) is 4.79 Å². The Balaban J connectivity index is 0.000000252. The third-order valence-electron chi connectivity index (χ3n) is 4.95. The molecule has 3 aromatic rings. The van der Waals surface area contributed by atoms with Crippen LogP contribution in [0.25, 0.3) is 0 Å². The molecule has 2 N–H and O–H groups in total. The van der Waals surface area contributed by atoms with Crippen LogP contribution in [0.2, 0.25) is 5.02 Å². The SMILES string of the molecule is Clc1ccccc1C(Cl)(c1ccccc1)c1ccccc1.O=C(O)[C@@H]1CCCN1. The summed E-state index contributed by atoms with van der Waals surface area (Å²) < 4.78 is 0. The zero-order chi connectivity index (χ0) is 20.7. The summed E-state index contributed by atoms with van der Waals surface area (Å²) in [4.78, 5) is 9.35. The molecule has 3 nitrogen and oxygen atoms in total. The molecule has 150 valence electrons. The van der Waals surface area contributed by atoms with E-state index in [1.165, 1.54) is 0 Å². The van der Waals surface area contributed by atoms with Gasteiger partial charge in [-0.15, -0.1) is 11.6 Å². The summed E-state index contributed by atoms with van der Waals surface area (Å²) in [5.74, 6) is -0.720. The first-order valence-corrected chi connectivity index (χ1v) is 10.3. The number of rotatable bonds is 4. The Labute approximate surface area is 181 Å². The lowest BCUT2D eigenvalue weighted by Gasteiger charge is -2.30. The van der Waals surface area contributed by atoms with Crippen LogP contribution in [0.5, 0.6) is 0 Å².